The Kier molecular flexibility index (Phi) is 4.20. The quantitative estimate of drug-likeness (QED) is 0.938. The minimum absolute atomic E-state index is 0.0516. The van der Waals surface area contributed by atoms with Crippen LogP contribution in [0, 0.1) is 0 Å². The van der Waals surface area contributed by atoms with E-state index in [1.807, 2.05) is 36.4 Å². The van der Waals surface area contributed by atoms with E-state index in [0.717, 1.165) is 43.4 Å². The lowest BCUT2D eigenvalue weighted by molar-refractivity contribution is 0.0913. The fourth-order valence-corrected chi connectivity index (χ4v) is 2.99. The first-order valence-electron chi connectivity index (χ1n) is 7.78. The summed E-state index contributed by atoms with van der Waals surface area (Å²) in [6, 6.07) is 14.4. The summed E-state index contributed by atoms with van der Waals surface area (Å²) in [6.07, 6.45) is 2.10. The first kappa shape index (κ1) is 14.1. The average molecular weight is 282 g/mol. The molecule has 2 aromatic carbocycles. The van der Waals surface area contributed by atoms with Gasteiger partial charge in [-0.1, -0.05) is 37.3 Å². The largest absolute Gasteiger partial charge is 0.349 e. The Hall–Kier alpha value is -1.87. The van der Waals surface area contributed by atoms with Crippen molar-refractivity contribution in [2.24, 2.45) is 0 Å². The van der Waals surface area contributed by atoms with Crippen LogP contribution in [0.3, 0.4) is 0 Å². The van der Waals surface area contributed by atoms with Crippen molar-refractivity contribution in [3.63, 3.8) is 0 Å². The van der Waals surface area contributed by atoms with Crippen molar-refractivity contribution in [2.75, 3.05) is 19.6 Å². The summed E-state index contributed by atoms with van der Waals surface area (Å²) in [5.74, 6) is 0.0516. The monoisotopic (exact) mass is 282 g/mol. The van der Waals surface area contributed by atoms with Crippen LogP contribution in [0.2, 0.25) is 0 Å². The molecule has 1 aliphatic rings. The van der Waals surface area contributed by atoms with E-state index in [0.29, 0.717) is 6.04 Å². The molecule has 0 spiro atoms. The molecule has 110 valence electrons. The summed E-state index contributed by atoms with van der Waals surface area (Å²) in [7, 11) is 0. The van der Waals surface area contributed by atoms with E-state index >= 15 is 0 Å². The zero-order valence-electron chi connectivity index (χ0n) is 12.5. The molecule has 1 heterocycles. The second kappa shape index (κ2) is 6.27. The average Bonchev–Trinajstić information content (AvgIpc) is 2.55. The number of nitrogens with zero attached hydrogens (tertiary/aromatic N) is 1. The molecule has 0 aromatic heterocycles. The number of carbonyl (C=O) groups excluding carboxylic acids is 1. The molecule has 1 amide bonds. The zero-order valence-corrected chi connectivity index (χ0v) is 12.5. The Balaban J connectivity index is 1.67. The van der Waals surface area contributed by atoms with Crippen LogP contribution in [0.25, 0.3) is 10.8 Å². The van der Waals surface area contributed by atoms with Crippen LogP contribution in [-0.4, -0.2) is 36.5 Å². The van der Waals surface area contributed by atoms with Crippen molar-refractivity contribution in [3.05, 3.63) is 48.0 Å². The number of benzene rings is 2. The van der Waals surface area contributed by atoms with Crippen LogP contribution in [0.15, 0.2) is 42.5 Å². The SMILES string of the molecule is CCN1CCC(NC(=O)c2ccc3ccccc3c2)CC1. The standard InChI is InChI=1S/C18H22N2O/c1-2-20-11-9-17(10-12-20)19-18(21)16-8-7-14-5-3-4-6-15(14)13-16/h3-8,13,17H,2,9-12H2,1H3,(H,19,21). The molecule has 1 N–H and O–H groups in total. The van der Waals surface area contributed by atoms with Crippen LogP contribution in [0.4, 0.5) is 0 Å². The molecule has 3 heteroatoms. The van der Waals surface area contributed by atoms with Crippen molar-refractivity contribution >= 4 is 16.7 Å². The van der Waals surface area contributed by atoms with Crippen molar-refractivity contribution in [2.45, 2.75) is 25.8 Å². The molecular weight excluding hydrogens is 260 g/mol. The molecule has 0 saturated carbocycles. The number of carbonyl (C=O) groups is 1. The molecule has 0 atom stereocenters. The van der Waals surface area contributed by atoms with E-state index in [2.05, 4.69) is 23.2 Å². The summed E-state index contributed by atoms with van der Waals surface area (Å²) in [5.41, 5.74) is 0.756. The third-order valence-electron chi connectivity index (χ3n) is 4.38. The van der Waals surface area contributed by atoms with Crippen molar-refractivity contribution in [1.29, 1.82) is 0 Å². The van der Waals surface area contributed by atoms with Crippen molar-refractivity contribution in [3.8, 4) is 0 Å². The maximum Gasteiger partial charge on any atom is 0.251 e. The van der Waals surface area contributed by atoms with E-state index in [1.165, 1.54) is 5.39 Å². The van der Waals surface area contributed by atoms with Crippen LogP contribution in [0.5, 0.6) is 0 Å². The Morgan fingerprint density at radius 3 is 2.57 bits per heavy atom. The van der Waals surface area contributed by atoms with Gasteiger partial charge in [0.25, 0.3) is 5.91 Å². The number of amides is 1. The minimum Gasteiger partial charge on any atom is -0.349 e. The lowest BCUT2D eigenvalue weighted by Gasteiger charge is -2.31. The molecule has 0 unspecified atom stereocenters. The zero-order chi connectivity index (χ0) is 14.7. The van der Waals surface area contributed by atoms with Gasteiger partial charge in [-0.05, 0) is 42.3 Å². The highest BCUT2D eigenvalue weighted by Gasteiger charge is 2.20. The smallest absolute Gasteiger partial charge is 0.251 e. The van der Waals surface area contributed by atoms with E-state index in [1.54, 1.807) is 0 Å². The van der Waals surface area contributed by atoms with Gasteiger partial charge in [0.05, 0.1) is 0 Å². The first-order chi connectivity index (χ1) is 10.3. The molecule has 3 rings (SSSR count). The van der Waals surface area contributed by atoms with Gasteiger partial charge in [0.2, 0.25) is 0 Å². The Bertz CT molecular complexity index is 630. The predicted octanol–water partition coefficient (Wildman–Crippen LogP) is 3.05. The van der Waals surface area contributed by atoms with Gasteiger partial charge in [0.1, 0.15) is 0 Å². The highest BCUT2D eigenvalue weighted by molar-refractivity contribution is 5.98. The van der Waals surface area contributed by atoms with Crippen LogP contribution in [0.1, 0.15) is 30.1 Å². The number of nitrogens with one attached hydrogen (secondary N) is 1. The van der Waals surface area contributed by atoms with Gasteiger partial charge in [-0.25, -0.2) is 0 Å². The number of fused-ring (bicyclic) bond motifs is 1. The lowest BCUT2D eigenvalue weighted by atomic mass is 10.0. The third kappa shape index (κ3) is 3.24. The Labute approximate surface area is 125 Å². The highest BCUT2D eigenvalue weighted by Crippen LogP contribution is 2.16. The highest BCUT2D eigenvalue weighted by atomic mass is 16.1. The van der Waals surface area contributed by atoms with Gasteiger partial charge in [-0.3, -0.25) is 4.79 Å². The van der Waals surface area contributed by atoms with Gasteiger partial charge >= 0.3 is 0 Å². The molecular formula is C18H22N2O. The van der Waals surface area contributed by atoms with E-state index in [4.69, 9.17) is 0 Å². The maximum atomic E-state index is 12.4. The minimum atomic E-state index is 0.0516. The molecule has 0 bridgehead atoms. The number of hydrogen-bond donors (Lipinski definition) is 1. The lowest BCUT2D eigenvalue weighted by Crippen LogP contribution is -2.44. The molecule has 3 nitrogen and oxygen atoms in total. The van der Waals surface area contributed by atoms with E-state index < -0.39 is 0 Å². The summed E-state index contributed by atoms with van der Waals surface area (Å²) >= 11 is 0. The van der Waals surface area contributed by atoms with Gasteiger partial charge in [-0.2, -0.15) is 0 Å². The van der Waals surface area contributed by atoms with Gasteiger partial charge in [-0.15, -0.1) is 0 Å². The number of likely N-dealkylation sites (tertiary alicyclic amines) is 1. The molecule has 1 aliphatic heterocycles. The summed E-state index contributed by atoms with van der Waals surface area (Å²) < 4.78 is 0. The van der Waals surface area contributed by atoms with Crippen molar-refractivity contribution in [1.82, 2.24) is 10.2 Å². The molecule has 1 saturated heterocycles. The third-order valence-corrected chi connectivity index (χ3v) is 4.38. The van der Waals surface area contributed by atoms with Crippen LogP contribution in [-0.2, 0) is 0 Å². The molecule has 2 aromatic rings. The first-order valence-corrected chi connectivity index (χ1v) is 7.78. The van der Waals surface area contributed by atoms with E-state index in [9.17, 15) is 4.79 Å². The topological polar surface area (TPSA) is 32.3 Å². The second-order valence-corrected chi connectivity index (χ2v) is 5.74. The second-order valence-electron chi connectivity index (χ2n) is 5.74. The van der Waals surface area contributed by atoms with Gasteiger partial charge in [0.15, 0.2) is 0 Å². The van der Waals surface area contributed by atoms with E-state index in [-0.39, 0.29) is 5.91 Å². The van der Waals surface area contributed by atoms with Crippen LogP contribution >= 0.6 is 0 Å². The number of rotatable bonds is 3. The summed E-state index contributed by atoms with van der Waals surface area (Å²) in [4.78, 5) is 14.8. The number of hydrogen-bond acceptors (Lipinski definition) is 2. The Morgan fingerprint density at radius 2 is 1.86 bits per heavy atom. The van der Waals surface area contributed by atoms with Gasteiger partial charge in [0, 0.05) is 24.7 Å². The van der Waals surface area contributed by atoms with Crippen molar-refractivity contribution < 1.29 is 4.79 Å². The van der Waals surface area contributed by atoms with Crippen LogP contribution < -0.4 is 5.32 Å². The molecule has 1 fully saturated rings. The summed E-state index contributed by atoms with van der Waals surface area (Å²) in [6.45, 7) is 5.46. The predicted molar refractivity (Wildman–Crippen MR) is 86.6 cm³/mol. The maximum absolute atomic E-state index is 12.4. The molecule has 0 aliphatic carbocycles. The summed E-state index contributed by atoms with van der Waals surface area (Å²) in [5, 5.41) is 5.47. The molecule has 0 radical (unpaired) electrons. The molecule has 21 heavy (non-hydrogen) atoms. The fraction of sp³-hybridized carbons (Fsp3) is 0.389. The number of piperidine rings is 1. The normalized spacial score (nSPS) is 17.0. The van der Waals surface area contributed by atoms with Gasteiger partial charge < -0.3 is 10.2 Å². The fourth-order valence-electron chi connectivity index (χ4n) is 2.99. The Morgan fingerprint density at radius 1 is 1.14 bits per heavy atom.